The Bertz CT molecular complexity index is 5060. The van der Waals surface area contributed by atoms with Crippen molar-refractivity contribution in [1.29, 1.82) is 0 Å². The third-order valence-electron chi connectivity index (χ3n) is 14.4. The molecule has 0 radical (unpaired) electrons. The van der Waals surface area contributed by atoms with Crippen molar-refractivity contribution >= 4 is 128 Å². The van der Waals surface area contributed by atoms with Gasteiger partial charge in [0.15, 0.2) is 22.6 Å². The monoisotopic (exact) mass is 1440 g/mol. The molecule has 9 aromatic heterocycles. The van der Waals surface area contributed by atoms with Gasteiger partial charge >= 0.3 is 36.2 Å². The number of nitrogens with zero attached hydrogens (tertiary/aromatic N) is 14. The van der Waals surface area contributed by atoms with Gasteiger partial charge in [-0.25, -0.2) is 82.4 Å². The molecule has 0 aliphatic heterocycles. The number of amides is 12. The van der Waals surface area contributed by atoms with Gasteiger partial charge in [-0.1, -0.05) is 42.5 Å². The zero-order chi connectivity index (χ0) is 75.3. The minimum atomic E-state index is -0.335. The number of hydrogen-bond acceptors (Lipinski definition) is 19. The second kappa shape index (κ2) is 38.1. The van der Waals surface area contributed by atoms with Crippen LogP contribution >= 0.6 is 0 Å². The molecule has 0 bridgehead atoms. The zero-order valence-electron chi connectivity index (χ0n) is 58.7. The van der Waals surface area contributed by atoms with Crippen molar-refractivity contribution in [3.63, 3.8) is 0 Å². The van der Waals surface area contributed by atoms with Crippen LogP contribution in [0.1, 0.15) is 57.1 Å². The highest BCUT2D eigenvalue weighted by molar-refractivity contribution is 5.93. The highest BCUT2D eigenvalue weighted by Gasteiger charge is 2.14. The number of carbonyl (C=O) groups is 6. The second-order valence-corrected chi connectivity index (χ2v) is 22.6. The fourth-order valence-corrected chi connectivity index (χ4v) is 9.26. The Balaban J connectivity index is 0.000000164. The zero-order valence-corrected chi connectivity index (χ0v) is 58.7. The van der Waals surface area contributed by atoms with Crippen molar-refractivity contribution < 1.29 is 37.5 Å². The first-order valence-corrected chi connectivity index (χ1v) is 33.3. The van der Waals surface area contributed by atoms with Crippen molar-refractivity contribution in [3.8, 4) is 22.5 Å². The molecule has 0 aliphatic rings. The molecule has 0 saturated heterocycles. The van der Waals surface area contributed by atoms with Crippen molar-refractivity contribution in [2.45, 2.75) is 47.5 Å². The molecule has 12 aromatic rings. The summed E-state index contributed by atoms with van der Waals surface area (Å²) in [5.41, 5.74) is 11.0. The van der Waals surface area contributed by atoms with E-state index in [0.29, 0.717) is 136 Å². The lowest BCUT2D eigenvalue weighted by Gasteiger charge is -2.12. The van der Waals surface area contributed by atoms with Gasteiger partial charge in [0.1, 0.15) is 62.8 Å². The van der Waals surface area contributed by atoms with Crippen LogP contribution < -0.4 is 58.5 Å². The highest BCUT2D eigenvalue weighted by atomic mass is 19.1. The molecule has 3 aromatic carbocycles. The Morgan fingerprint density at radius 1 is 0.358 bits per heavy atom. The van der Waals surface area contributed by atoms with E-state index in [2.05, 4.69) is 123 Å². The van der Waals surface area contributed by atoms with Gasteiger partial charge in [0.05, 0.1) is 41.4 Å². The summed E-state index contributed by atoms with van der Waals surface area (Å²) in [6.07, 6.45) is 13.2. The molecule has 11 N–H and O–H groups in total. The van der Waals surface area contributed by atoms with E-state index in [4.69, 9.17) is 0 Å². The number of aryl methyl sites for hydroxylation is 2. The van der Waals surface area contributed by atoms with E-state index < -0.39 is 0 Å². The third kappa shape index (κ3) is 23.3. The fraction of sp³-hybridized carbons (Fsp3) is 0.192. The molecule has 0 aliphatic carbocycles. The first-order valence-electron chi connectivity index (χ1n) is 33.3. The quantitative estimate of drug-likeness (QED) is 0.0380. The van der Waals surface area contributed by atoms with Gasteiger partial charge in [0.25, 0.3) is 0 Å². The Kier molecular flexibility index (Phi) is 27.4. The molecule has 31 nitrogen and oxygen atoms in total. The lowest BCUT2D eigenvalue weighted by Crippen LogP contribution is -2.28. The molecule has 0 spiro atoms. The van der Waals surface area contributed by atoms with Crippen LogP contribution in [0.5, 0.6) is 0 Å². The predicted molar refractivity (Wildman–Crippen MR) is 403 cm³/mol. The predicted octanol–water partition coefficient (Wildman–Crippen LogP) is 11.9. The van der Waals surface area contributed by atoms with Crippen molar-refractivity contribution in [2.75, 3.05) is 78.7 Å². The molecule has 0 fully saturated rings. The minimum absolute atomic E-state index is 0.199. The lowest BCUT2D eigenvalue weighted by molar-refractivity contribution is 0.230. The van der Waals surface area contributed by atoms with Gasteiger partial charge in [-0.3, -0.25) is 46.5 Å². The highest BCUT2D eigenvalue weighted by Crippen LogP contribution is 2.24. The van der Waals surface area contributed by atoms with Gasteiger partial charge in [-0.05, 0) is 162 Å². The number of halogens is 2. The fourth-order valence-electron chi connectivity index (χ4n) is 9.26. The molecule has 12 amide bonds. The summed E-state index contributed by atoms with van der Waals surface area (Å²) in [6, 6.07) is 35.2. The van der Waals surface area contributed by atoms with Crippen LogP contribution in [-0.2, 0) is 12.8 Å². The Labute approximate surface area is 606 Å². The summed E-state index contributed by atoms with van der Waals surface area (Å²) in [5, 5.41) is 29.2. The Morgan fingerprint density at radius 3 is 1.18 bits per heavy atom. The van der Waals surface area contributed by atoms with Gasteiger partial charge in [-0.2, -0.15) is 0 Å². The van der Waals surface area contributed by atoms with Crippen LogP contribution in [0, 0.1) is 11.6 Å². The van der Waals surface area contributed by atoms with Gasteiger partial charge in [0.2, 0.25) is 0 Å². The maximum absolute atomic E-state index is 12.9. The standard InChI is InChI=1S/C19H21N7O2.C18H18FN5O.C18H16FN5O.C18H20N8O2/c1-4-20-18(27)25-16-10-9-14-17(24-16)23-15(11-21-14)12-5-7-13(8-6-12)22-19(28)26(2)3;2*1-2-20-18(25)24-16-10-9-15-17(23-16)22-14(11-21-15)8-5-12-3-6-13(19)7-4-12;1-3-19-17(27)25-14-7-5-11(9-22-14)13-10-21-12-6-8-15(24-16(12)23-13)26-18(28)20-4-2/h5-11H,4H2,1-3H3,(H,22,28)(H2,20,23,24,25,27);3-4,6-7,9-11H,2,5,8H2,1H3,(H2,20,22,23,24,25);3-11H,2H2,1H3,(H2,20,22,23,24,25);5-10H,3-4H2,1-2H3,(H2,19,22,25,27)(H2,20,23,24,26,28)/b;;8-5+;. The van der Waals surface area contributed by atoms with Gasteiger partial charge < -0.3 is 36.8 Å². The van der Waals surface area contributed by atoms with E-state index >= 15 is 0 Å². The molecule has 12 rings (SSSR count). The summed E-state index contributed by atoms with van der Waals surface area (Å²) in [5.74, 6) is 1.49. The summed E-state index contributed by atoms with van der Waals surface area (Å²) in [4.78, 5) is 128. The molecule has 0 atom stereocenters. The molecule has 0 saturated carbocycles. The van der Waals surface area contributed by atoms with Crippen molar-refractivity contribution in [2.24, 2.45) is 0 Å². The van der Waals surface area contributed by atoms with E-state index in [9.17, 15) is 37.5 Å². The minimum Gasteiger partial charge on any atom is -0.338 e. The van der Waals surface area contributed by atoms with Crippen molar-refractivity contribution in [1.82, 2.24) is 96.3 Å². The first kappa shape index (κ1) is 76.2. The molecule has 0 unspecified atom stereocenters. The smallest absolute Gasteiger partial charge is 0.321 e. The average Bonchev–Trinajstić information content (AvgIpc) is 0.778. The molecule has 9 heterocycles. The van der Waals surface area contributed by atoms with Crippen molar-refractivity contribution in [3.05, 3.63) is 199 Å². The first-order chi connectivity index (χ1) is 51.3. The Hall–Kier alpha value is -14.0. The van der Waals surface area contributed by atoms with Crippen LogP contribution in [0.4, 0.5) is 72.3 Å². The van der Waals surface area contributed by atoms with E-state index in [1.165, 1.54) is 29.2 Å². The SMILES string of the molecule is CCNC(=O)Nc1ccc(-c2cnc3ccc(NC(=O)NCC)nc3n2)cn1.CCNC(=O)Nc1ccc2ncc(-c3ccc(NC(=O)N(C)C)cc3)nc2n1.CCNC(=O)Nc1ccc2ncc(/C=C/c3ccc(F)cc3)nc2n1.CCNC(=O)Nc1ccc2ncc(CCc3ccc(F)cc3)nc2n1. The average molecular weight is 1440 g/mol. The lowest BCUT2D eigenvalue weighted by atomic mass is 10.1. The number of carbonyl (C=O) groups excluding carboxylic acids is 6. The summed E-state index contributed by atoms with van der Waals surface area (Å²) >= 11 is 0. The number of anilines is 6. The summed E-state index contributed by atoms with van der Waals surface area (Å²) < 4.78 is 25.8. The second-order valence-electron chi connectivity index (χ2n) is 22.6. The third-order valence-corrected chi connectivity index (χ3v) is 14.4. The van der Waals surface area contributed by atoms with Gasteiger partial charge in [-0.15, -0.1) is 0 Å². The number of fused-ring (bicyclic) bond motifs is 4. The van der Waals surface area contributed by atoms with E-state index in [1.807, 2.05) is 52.8 Å². The largest absolute Gasteiger partial charge is 0.338 e. The molecular formula is C73H75F2N25O6. The molecule has 106 heavy (non-hydrogen) atoms. The number of benzene rings is 3. The maximum atomic E-state index is 12.9. The van der Waals surface area contributed by atoms with Crippen LogP contribution in [0.25, 0.3) is 79.3 Å². The summed E-state index contributed by atoms with van der Waals surface area (Å²) in [6.45, 7) is 11.8. The normalized spacial score (nSPS) is 10.6. The molecule has 542 valence electrons. The number of aromatic nitrogens is 13. The maximum Gasteiger partial charge on any atom is 0.321 e. The van der Waals surface area contributed by atoms with Crippen LogP contribution in [0.2, 0.25) is 0 Å². The van der Waals surface area contributed by atoms with Crippen LogP contribution in [-0.4, -0.2) is 153 Å². The number of urea groups is 6. The molecule has 33 heteroatoms. The number of pyridine rings is 5. The van der Waals surface area contributed by atoms with Crippen LogP contribution in [0.3, 0.4) is 0 Å². The number of rotatable bonds is 18. The van der Waals surface area contributed by atoms with E-state index in [0.717, 1.165) is 34.4 Å². The van der Waals surface area contributed by atoms with E-state index in [-0.39, 0.29) is 47.8 Å². The van der Waals surface area contributed by atoms with Gasteiger partial charge in [0, 0.05) is 76.0 Å². The van der Waals surface area contributed by atoms with Crippen LogP contribution in [0.15, 0.2) is 164 Å². The Morgan fingerprint density at radius 2 is 0.745 bits per heavy atom. The summed E-state index contributed by atoms with van der Waals surface area (Å²) in [7, 11) is 3.35. The number of hydrogen-bond donors (Lipinski definition) is 11. The number of nitrogens with one attached hydrogen (secondary N) is 11. The topological polar surface area (TPSA) is 406 Å². The van der Waals surface area contributed by atoms with E-state index in [1.54, 1.807) is 148 Å². The molecular weight excluding hydrogens is 1360 g/mol.